The number of oxime groups is 1. The Kier molecular flexibility index (Phi) is 4.68. The maximum absolute atomic E-state index is 8.89. The lowest BCUT2D eigenvalue weighted by Crippen LogP contribution is -2.16. The number of fused-ring (bicyclic) bond motifs is 1. The Morgan fingerprint density at radius 1 is 1.14 bits per heavy atom. The minimum Gasteiger partial charge on any atom is -0.490 e. The molecule has 0 fully saturated rings. The molecule has 4 heteroatoms. The molecule has 0 aliphatic heterocycles. The first kappa shape index (κ1) is 15.2. The molecule has 4 nitrogen and oxygen atoms in total. The van der Waals surface area contributed by atoms with Crippen LogP contribution in [-0.4, -0.2) is 17.1 Å². The van der Waals surface area contributed by atoms with Crippen molar-refractivity contribution in [3.05, 3.63) is 42.0 Å². The van der Waals surface area contributed by atoms with Crippen molar-refractivity contribution in [2.45, 2.75) is 33.3 Å². The molecule has 2 aromatic carbocycles. The summed E-state index contributed by atoms with van der Waals surface area (Å²) in [5.41, 5.74) is 6.44. The van der Waals surface area contributed by atoms with E-state index in [1.165, 1.54) is 0 Å². The molecule has 0 spiro atoms. The first-order valence-corrected chi connectivity index (χ1v) is 7.19. The third-order valence-corrected chi connectivity index (χ3v) is 3.40. The Hall–Kier alpha value is -2.23. The number of ether oxygens (including phenoxy) is 1. The van der Waals surface area contributed by atoms with E-state index in [4.69, 9.17) is 15.7 Å². The summed E-state index contributed by atoms with van der Waals surface area (Å²) in [5.74, 6) is 1.52. The fourth-order valence-electron chi connectivity index (χ4n) is 2.58. The van der Waals surface area contributed by atoms with Crippen molar-refractivity contribution < 1.29 is 9.94 Å². The normalized spacial score (nSPS) is 13.6. The first-order valence-electron chi connectivity index (χ1n) is 7.19. The summed E-state index contributed by atoms with van der Waals surface area (Å²) in [7, 11) is 0. The summed E-state index contributed by atoms with van der Waals surface area (Å²) in [5, 5.41) is 13.9. The first-order chi connectivity index (χ1) is 10.0. The molecule has 112 valence electrons. The van der Waals surface area contributed by atoms with Gasteiger partial charge in [-0.05, 0) is 36.8 Å². The molecule has 0 radical (unpaired) electrons. The van der Waals surface area contributed by atoms with Gasteiger partial charge < -0.3 is 15.7 Å². The quantitative estimate of drug-likeness (QED) is 0.381. The van der Waals surface area contributed by atoms with E-state index in [-0.39, 0.29) is 11.9 Å². The average molecular weight is 286 g/mol. The van der Waals surface area contributed by atoms with Gasteiger partial charge in [0.2, 0.25) is 0 Å². The Balaban J connectivity index is 2.43. The maximum Gasteiger partial charge on any atom is 0.170 e. The Bertz CT molecular complexity index is 650. The van der Waals surface area contributed by atoms with Crippen LogP contribution in [0.25, 0.3) is 10.8 Å². The van der Waals surface area contributed by atoms with Gasteiger partial charge in [0.1, 0.15) is 5.75 Å². The molecule has 21 heavy (non-hydrogen) atoms. The molecule has 1 unspecified atom stereocenters. The molecular formula is C17H22N2O2. The number of rotatable bonds is 5. The third kappa shape index (κ3) is 3.45. The standard InChI is InChI=1S/C17H22N2O2/c1-11(2)10-12(3)21-16-9-8-15(17(18)19-20)13-6-4-5-7-14(13)16/h4-9,11-12,20H,10H2,1-3H3,(H2,18,19). The highest BCUT2D eigenvalue weighted by molar-refractivity contribution is 6.10. The molecule has 3 N–H and O–H groups in total. The SMILES string of the molecule is CC(C)CC(C)Oc1ccc(/C(N)=N/O)c2ccccc12. The van der Waals surface area contributed by atoms with E-state index in [1.807, 2.05) is 36.4 Å². The van der Waals surface area contributed by atoms with Crippen LogP contribution in [0, 0.1) is 5.92 Å². The number of nitrogens with two attached hydrogens (primary N) is 1. The van der Waals surface area contributed by atoms with Crippen LogP contribution in [0.2, 0.25) is 0 Å². The van der Waals surface area contributed by atoms with Crippen molar-refractivity contribution in [1.82, 2.24) is 0 Å². The summed E-state index contributed by atoms with van der Waals surface area (Å²) < 4.78 is 6.06. The average Bonchev–Trinajstić information content (AvgIpc) is 2.46. The van der Waals surface area contributed by atoms with Gasteiger partial charge in [0, 0.05) is 10.9 Å². The zero-order valence-corrected chi connectivity index (χ0v) is 12.7. The molecule has 0 aliphatic carbocycles. The van der Waals surface area contributed by atoms with Crippen LogP contribution in [0.3, 0.4) is 0 Å². The summed E-state index contributed by atoms with van der Waals surface area (Å²) in [6.07, 6.45) is 1.14. The lowest BCUT2D eigenvalue weighted by molar-refractivity contribution is 0.195. The van der Waals surface area contributed by atoms with Crippen molar-refractivity contribution in [1.29, 1.82) is 0 Å². The van der Waals surface area contributed by atoms with Crippen molar-refractivity contribution >= 4 is 16.6 Å². The van der Waals surface area contributed by atoms with Crippen LogP contribution in [-0.2, 0) is 0 Å². The highest BCUT2D eigenvalue weighted by Crippen LogP contribution is 2.30. The molecule has 2 aromatic rings. The van der Waals surface area contributed by atoms with Crippen molar-refractivity contribution in [3.8, 4) is 5.75 Å². The Morgan fingerprint density at radius 2 is 1.81 bits per heavy atom. The fraction of sp³-hybridized carbons (Fsp3) is 0.353. The minimum atomic E-state index is 0.105. The van der Waals surface area contributed by atoms with E-state index >= 15 is 0 Å². The highest BCUT2D eigenvalue weighted by Gasteiger charge is 2.12. The monoisotopic (exact) mass is 286 g/mol. The summed E-state index contributed by atoms with van der Waals surface area (Å²) in [6, 6.07) is 11.5. The van der Waals surface area contributed by atoms with Gasteiger partial charge in [-0.2, -0.15) is 0 Å². The second-order valence-corrected chi connectivity index (χ2v) is 5.70. The predicted octanol–water partition coefficient (Wildman–Crippen LogP) is 3.75. The molecule has 2 rings (SSSR count). The van der Waals surface area contributed by atoms with Gasteiger partial charge >= 0.3 is 0 Å². The summed E-state index contributed by atoms with van der Waals surface area (Å²) in [4.78, 5) is 0. The zero-order chi connectivity index (χ0) is 15.4. The van der Waals surface area contributed by atoms with Gasteiger partial charge in [0.25, 0.3) is 0 Å². The smallest absolute Gasteiger partial charge is 0.170 e. The highest BCUT2D eigenvalue weighted by atomic mass is 16.5. The molecular weight excluding hydrogens is 264 g/mol. The van der Waals surface area contributed by atoms with Gasteiger partial charge in [0.05, 0.1) is 6.10 Å². The lowest BCUT2D eigenvalue weighted by atomic mass is 10.0. The molecule has 0 aliphatic rings. The number of benzene rings is 2. The zero-order valence-electron chi connectivity index (χ0n) is 12.7. The van der Waals surface area contributed by atoms with Gasteiger partial charge in [-0.15, -0.1) is 0 Å². The molecule has 0 bridgehead atoms. The Labute approximate surface area is 125 Å². The van der Waals surface area contributed by atoms with E-state index in [0.29, 0.717) is 11.5 Å². The van der Waals surface area contributed by atoms with E-state index in [0.717, 1.165) is 22.9 Å². The van der Waals surface area contributed by atoms with E-state index in [9.17, 15) is 0 Å². The fourth-order valence-corrected chi connectivity index (χ4v) is 2.58. The van der Waals surface area contributed by atoms with Crippen LogP contribution in [0.15, 0.2) is 41.6 Å². The lowest BCUT2D eigenvalue weighted by Gasteiger charge is -2.18. The van der Waals surface area contributed by atoms with Gasteiger partial charge in [-0.3, -0.25) is 0 Å². The number of nitrogens with zero attached hydrogens (tertiary/aromatic N) is 1. The molecule has 0 saturated heterocycles. The van der Waals surface area contributed by atoms with Crippen molar-refractivity contribution in [2.75, 3.05) is 0 Å². The van der Waals surface area contributed by atoms with Crippen molar-refractivity contribution in [3.63, 3.8) is 0 Å². The maximum atomic E-state index is 8.89. The number of hydrogen-bond donors (Lipinski definition) is 2. The Morgan fingerprint density at radius 3 is 2.43 bits per heavy atom. The minimum absolute atomic E-state index is 0.105. The number of hydrogen-bond acceptors (Lipinski definition) is 3. The van der Waals surface area contributed by atoms with Gasteiger partial charge in [0.15, 0.2) is 5.84 Å². The van der Waals surface area contributed by atoms with Crippen molar-refractivity contribution in [2.24, 2.45) is 16.8 Å². The molecule has 0 saturated carbocycles. The number of amidine groups is 1. The molecule has 1 atom stereocenters. The molecule has 0 aromatic heterocycles. The molecule has 0 heterocycles. The van der Waals surface area contributed by atoms with Crippen LogP contribution in [0.1, 0.15) is 32.8 Å². The predicted molar refractivity (Wildman–Crippen MR) is 86.0 cm³/mol. The van der Waals surface area contributed by atoms with Crippen LogP contribution in [0.4, 0.5) is 0 Å². The van der Waals surface area contributed by atoms with Crippen LogP contribution in [0.5, 0.6) is 5.75 Å². The summed E-state index contributed by atoms with van der Waals surface area (Å²) in [6.45, 7) is 6.44. The van der Waals surface area contributed by atoms with E-state index < -0.39 is 0 Å². The largest absolute Gasteiger partial charge is 0.490 e. The topological polar surface area (TPSA) is 67.8 Å². The van der Waals surface area contributed by atoms with Gasteiger partial charge in [-0.1, -0.05) is 43.3 Å². The van der Waals surface area contributed by atoms with Crippen LogP contribution < -0.4 is 10.5 Å². The third-order valence-electron chi connectivity index (χ3n) is 3.40. The second-order valence-electron chi connectivity index (χ2n) is 5.70. The van der Waals surface area contributed by atoms with Gasteiger partial charge in [-0.25, -0.2) is 0 Å². The van der Waals surface area contributed by atoms with E-state index in [1.54, 1.807) is 0 Å². The molecule has 0 amide bonds. The summed E-state index contributed by atoms with van der Waals surface area (Å²) >= 11 is 0. The second kappa shape index (κ2) is 6.48. The van der Waals surface area contributed by atoms with Crippen LogP contribution >= 0.6 is 0 Å². The van der Waals surface area contributed by atoms with E-state index in [2.05, 4.69) is 25.9 Å².